The SMILES string of the molecule is COc1cc(C(=O)NC2(CN)CCCC2)ccc1OCC(C)C. The van der Waals surface area contributed by atoms with E-state index in [1.54, 1.807) is 25.3 Å². The summed E-state index contributed by atoms with van der Waals surface area (Å²) in [5, 5.41) is 3.12. The van der Waals surface area contributed by atoms with Crippen molar-refractivity contribution < 1.29 is 14.3 Å². The zero-order valence-corrected chi connectivity index (χ0v) is 14.4. The lowest BCUT2D eigenvalue weighted by atomic mass is 9.97. The maximum Gasteiger partial charge on any atom is 0.251 e. The molecule has 1 aliphatic carbocycles. The summed E-state index contributed by atoms with van der Waals surface area (Å²) in [5.74, 6) is 1.55. The van der Waals surface area contributed by atoms with Gasteiger partial charge >= 0.3 is 0 Å². The van der Waals surface area contributed by atoms with Crippen molar-refractivity contribution in [2.75, 3.05) is 20.3 Å². The monoisotopic (exact) mass is 320 g/mol. The predicted octanol–water partition coefficient (Wildman–Crippen LogP) is 2.73. The first-order chi connectivity index (χ1) is 11.0. The van der Waals surface area contributed by atoms with E-state index in [1.165, 1.54) is 0 Å². The molecule has 5 nitrogen and oxygen atoms in total. The molecular weight excluding hydrogens is 292 g/mol. The van der Waals surface area contributed by atoms with Crippen LogP contribution in [0.4, 0.5) is 0 Å². The van der Waals surface area contributed by atoms with E-state index in [4.69, 9.17) is 15.2 Å². The van der Waals surface area contributed by atoms with Crippen LogP contribution in [-0.4, -0.2) is 31.7 Å². The molecule has 0 heterocycles. The van der Waals surface area contributed by atoms with Crippen molar-refractivity contribution in [2.45, 2.75) is 45.1 Å². The minimum Gasteiger partial charge on any atom is -0.493 e. The van der Waals surface area contributed by atoms with Gasteiger partial charge in [-0.2, -0.15) is 0 Å². The molecule has 1 amide bonds. The number of hydrogen-bond donors (Lipinski definition) is 2. The van der Waals surface area contributed by atoms with Crippen LogP contribution < -0.4 is 20.5 Å². The Morgan fingerprint density at radius 2 is 2.00 bits per heavy atom. The molecule has 5 heteroatoms. The molecule has 1 aliphatic rings. The van der Waals surface area contributed by atoms with Crippen LogP contribution in [0.25, 0.3) is 0 Å². The number of nitrogens with two attached hydrogens (primary N) is 1. The van der Waals surface area contributed by atoms with Gasteiger partial charge in [-0.05, 0) is 37.0 Å². The Bertz CT molecular complexity index is 537. The molecule has 0 aliphatic heterocycles. The highest BCUT2D eigenvalue weighted by atomic mass is 16.5. The summed E-state index contributed by atoms with van der Waals surface area (Å²) in [6.07, 6.45) is 4.12. The van der Waals surface area contributed by atoms with Crippen LogP contribution in [0, 0.1) is 5.92 Å². The molecule has 0 spiro atoms. The van der Waals surface area contributed by atoms with Gasteiger partial charge in [0.25, 0.3) is 5.91 Å². The normalized spacial score (nSPS) is 16.4. The quantitative estimate of drug-likeness (QED) is 0.810. The van der Waals surface area contributed by atoms with Crippen LogP contribution >= 0.6 is 0 Å². The number of amides is 1. The number of benzene rings is 1. The number of carbonyl (C=O) groups is 1. The van der Waals surface area contributed by atoms with Gasteiger partial charge in [0, 0.05) is 12.1 Å². The van der Waals surface area contributed by atoms with E-state index >= 15 is 0 Å². The van der Waals surface area contributed by atoms with E-state index in [-0.39, 0.29) is 11.4 Å². The van der Waals surface area contributed by atoms with Gasteiger partial charge in [-0.25, -0.2) is 0 Å². The summed E-state index contributed by atoms with van der Waals surface area (Å²) in [7, 11) is 1.58. The molecule has 1 aromatic carbocycles. The Hall–Kier alpha value is -1.75. The van der Waals surface area contributed by atoms with Gasteiger partial charge in [-0.1, -0.05) is 26.7 Å². The van der Waals surface area contributed by atoms with Crippen molar-refractivity contribution in [3.05, 3.63) is 23.8 Å². The maximum absolute atomic E-state index is 12.5. The second-order valence-corrected chi connectivity index (χ2v) is 6.72. The Morgan fingerprint density at radius 3 is 2.57 bits per heavy atom. The molecule has 0 aromatic heterocycles. The van der Waals surface area contributed by atoms with Crippen LogP contribution in [-0.2, 0) is 0 Å². The summed E-state index contributed by atoms with van der Waals surface area (Å²) >= 11 is 0. The summed E-state index contributed by atoms with van der Waals surface area (Å²) in [6, 6.07) is 5.29. The standard InChI is InChI=1S/C18H28N2O3/c1-13(2)11-23-15-7-6-14(10-16(15)22-3)17(21)20-18(12-19)8-4-5-9-18/h6-7,10,13H,4-5,8-9,11-12,19H2,1-3H3,(H,20,21). The second kappa shape index (κ2) is 7.68. The number of hydrogen-bond acceptors (Lipinski definition) is 4. The molecule has 0 bridgehead atoms. The predicted molar refractivity (Wildman–Crippen MR) is 91.0 cm³/mol. The highest BCUT2D eigenvalue weighted by Gasteiger charge is 2.34. The summed E-state index contributed by atoms with van der Waals surface area (Å²) < 4.78 is 11.1. The van der Waals surface area contributed by atoms with Crippen molar-refractivity contribution in [1.82, 2.24) is 5.32 Å². The lowest BCUT2D eigenvalue weighted by molar-refractivity contribution is 0.0902. The van der Waals surface area contributed by atoms with Crippen LogP contribution in [0.15, 0.2) is 18.2 Å². The first-order valence-electron chi connectivity index (χ1n) is 8.33. The number of methoxy groups -OCH3 is 1. The Kier molecular flexibility index (Phi) is 5.88. The zero-order chi connectivity index (χ0) is 16.9. The number of nitrogens with one attached hydrogen (secondary N) is 1. The van der Waals surface area contributed by atoms with Crippen LogP contribution in [0.3, 0.4) is 0 Å². The van der Waals surface area contributed by atoms with E-state index in [9.17, 15) is 4.79 Å². The molecule has 23 heavy (non-hydrogen) atoms. The largest absolute Gasteiger partial charge is 0.493 e. The third kappa shape index (κ3) is 4.38. The fraction of sp³-hybridized carbons (Fsp3) is 0.611. The molecule has 1 aromatic rings. The minimum atomic E-state index is -0.253. The summed E-state index contributed by atoms with van der Waals surface area (Å²) in [5.41, 5.74) is 6.20. The Labute approximate surface area is 138 Å². The van der Waals surface area contributed by atoms with Crippen molar-refractivity contribution in [2.24, 2.45) is 11.7 Å². The van der Waals surface area contributed by atoms with Crippen molar-refractivity contribution in [3.8, 4) is 11.5 Å². The van der Waals surface area contributed by atoms with Gasteiger partial charge in [-0.15, -0.1) is 0 Å². The number of carbonyl (C=O) groups excluding carboxylic acids is 1. The number of ether oxygens (including phenoxy) is 2. The Balaban J connectivity index is 2.11. The highest BCUT2D eigenvalue weighted by molar-refractivity contribution is 5.95. The van der Waals surface area contributed by atoms with E-state index < -0.39 is 0 Å². The minimum absolute atomic E-state index is 0.106. The third-order valence-electron chi connectivity index (χ3n) is 4.33. The molecule has 2 rings (SSSR count). The molecule has 0 saturated heterocycles. The fourth-order valence-corrected chi connectivity index (χ4v) is 2.93. The molecule has 0 radical (unpaired) electrons. The van der Waals surface area contributed by atoms with Crippen LogP contribution in [0.5, 0.6) is 11.5 Å². The third-order valence-corrected chi connectivity index (χ3v) is 4.33. The van der Waals surface area contributed by atoms with Gasteiger partial charge in [0.05, 0.1) is 19.3 Å². The van der Waals surface area contributed by atoms with Gasteiger partial charge in [0.15, 0.2) is 11.5 Å². The molecule has 1 fully saturated rings. The highest BCUT2D eigenvalue weighted by Crippen LogP contribution is 2.31. The van der Waals surface area contributed by atoms with E-state index in [0.29, 0.717) is 36.1 Å². The van der Waals surface area contributed by atoms with E-state index in [2.05, 4.69) is 19.2 Å². The number of rotatable bonds is 7. The molecule has 0 atom stereocenters. The van der Waals surface area contributed by atoms with Gasteiger partial charge in [0.2, 0.25) is 0 Å². The molecule has 128 valence electrons. The second-order valence-electron chi connectivity index (χ2n) is 6.72. The maximum atomic E-state index is 12.5. The van der Waals surface area contributed by atoms with Crippen molar-refractivity contribution >= 4 is 5.91 Å². The zero-order valence-electron chi connectivity index (χ0n) is 14.4. The van der Waals surface area contributed by atoms with E-state index in [0.717, 1.165) is 25.7 Å². The van der Waals surface area contributed by atoms with E-state index in [1.807, 2.05) is 0 Å². The average molecular weight is 320 g/mol. The van der Waals surface area contributed by atoms with Crippen LogP contribution in [0.2, 0.25) is 0 Å². The smallest absolute Gasteiger partial charge is 0.251 e. The van der Waals surface area contributed by atoms with Gasteiger partial charge < -0.3 is 20.5 Å². The molecule has 3 N–H and O–H groups in total. The lowest BCUT2D eigenvalue weighted by Crippen LogP contribution is -2.51. The summed E-state index contributed by atoms with van der Waals surface area (Å²) in [6.45, 7) is 5.26. The summed E-state index contributed by atoms with van der Waals surface area (Å²) in [4.78, 5) is 12.5. The topological polar surface area (TPSA) is 73.6 Å². The molecule has 1 saturated carbocycles. The molecular formula is C18H28N2O3. The Morgan fingerprint density at radius 1 is 1.30 bits per heavy atom. The molecule has 0 unspecified atom stereocenters. The first kappa shape index (κ1) is 17.6. The van der Waals surface area contributed by atoms with Crippen LogP contribution in [0.1, 0.15) is 49.9 Å². The van der Waals surface area contributed by atoms with Gasteiger partial charge in [0.1, 0.15) is 0 Å². The lowest BCUT2D eigenvalue weighted by Gasteiger charge is -2.28. The average Bonchev–Trinajstić information content (AvgIpc) is 3.01. The first-order valence-corrected chi connectivity index (χ1v) is 8.33. The van der Waals surface area contributed by atoms with Crippen molar-refractivity contribution in [1.29, 1.82) is 0 Å². The van der Waals surface area contributed by atoms with Crippen molar-refractivity contribution in [3.63, 3.8) is 0 Å². The fourth-order valence-electron chi connectivity index (χ4n) is 2.93. The van der Waals surface area contributed by atoms with Gasteiger partial charge in [-0.3, -0.25) is 4.79 Å².